The molecule has 2 bridgehead atoms. The Balaban J connectivity index is 1.93. The number of amides is 2. The number of aliphatic hydroxyl groups excluding tert-OH is 1. The third kappa shape index (κ3) is 4.45. The van der Waals surface area contributed by atoms with Gasteiger partial charge < -0.3 is 19.6 Å². The molecule has 180 valence electrons. The van der Waals surface area contributed by atoms with Crippen LogP contribution in [0.15, 0.2) is 12.7 Å². The number of likely N-dealkylation sites (tertiary alicyclic amines) is 1. The standard InChI is InChI=1S/C24H38N2O5S/c1-4-7-14-25(13-5-2)22(29)20-24-12-11-17(32-24)18(23(30)31-6-3)19(24)21(28)26(20)15-9-8-10-16-27/h5,17-20,27H,2,4,6-16H2,1,3H3/t17-,18+,19+,20?,24?/m1/s1. The van der Waals surface area contributed by atoms with Gasteiger partial charge in [0.05, 0.1) is 23.2 Å². The van der Waals surface area contributed by atoms with Crippen molar-refractivity contribution >= 4 is 29.5 Å². The number of nitrogens with zero attached hydrogens (tertiary/aromatic N) is 2. The van der Waals surface area contributed by atoms with Crippen molar-refractivity contribution in [2.75, 3.05) is 32.8 Å². The van der Waals surface area contributed by atoms with Crippen molar-refractivity contribution in [1.29, 1.82) is 0 Å². The molecule has 2 unspecified atom stereocenters. The predicted molar refractivity (Wildman–Crippen MR) is 125 cm³/mol. The summed E-state index contributed by atoms with van der Waals surface area (Å²) in [7, 11) is 0. The maximum Gasteiger partial charge on any atom is 0.310 e. The summed E-state index contributed by atoms with van der Waals surface area (Å²) < 4.78 is 4.80. The minimum Gasteiger partial charge on any atom is -0.466 e. The average molecular weight is 467 g/mol. The molecule has 3 heterocycles. The highest BCUT2D eigenvalue weighted by Crippen LogP contribution is 2.66. The fraction of sp³-hybridized carbons (Fsp3) is 0.792. The number of thioether (sulfide) groups is 1. The Kier molecular flexibility index (Phi) is 8.67. The number of hydrogen-bond acceptors (Lipinski definition) is 6. The number of carbonyl (C=O) groups excluding carboxylic acids is 3. The minimum atomic E-state index is -0.557. The quantitative estimate of drug-likeness (QED) is 0.255. The number of ether oxygens (including phenoxy) is 1. The molecule has 1 N–H and O–H groups in total. The van der Waals surface area contributed by atoms with Crippen LogP contribution in [0.4, 0.5) is 0 Å². The van der Waals surface area contributed by atoms with Gasteiger partial charge in [-0.05, 0) is 45.4 Å². The Morgan fingerprint density at radius 3 is 2.75 bits per heavy atom. The normalized spacial score (nSPS) is 30.5. The highest BCUT2D eigenvalue weighted by Gasteiger charge is 2.74. The van der Waals surface area contributed by atoms with Crippen LogP contribution in [0.1, 0.15) is 58.8 Å². The van der Waals surface area contributed by atoms with Crippen LogP contribution in [0, 0.1) is 11.8 Å². The van der Waals surface area contributed by atoms with Crippen LogP contribution in [0.2, 0.25) is 0 Å². The second-order valence-corrected chi connectivity index (χ2v) is 10.7. The summed E-state index contributed by atoms with van der Waals surface area (Å²) in [4.78, 5) is 44.1. The van der Waals surface area contributed by atoms with E-state index in [0.29, 0.717) is 26.1 Å². The molecule has 32 heavy (non-hydrogen) atoms. The van der Waals surface area contributed by atoms with Crippen LogP contribution in [0.25, 0.3) is 0 Å². The van der Waals surface area contributed by atoms with E-state index >= 15 is 0 Å². The molecule has 3 fully saturated rings. The van der Waals surface area contributed by atoms with Gasteiger partial charge in [-0.1, -0.05) is 19.4 Å². The molecular formula is C24H38N2O5S. The molecule has 3 saturated heterocycles. The van der Waals surface area contributed by atoms with Gasteiger partial charge >= 0.3 is 5.97 Å². The van der Waals surface area contributed by atoms with Crippen LogP contribution in [0.3, 0.4) is 0 Å². The van der Waals surface area contributed by atoms with Crippen molar-refractivity contribution in [1.82, 2.24) is 9.80 Å². The third-order valence-corrected chi connectivity index (χ3v) is 9.04. The molecule has 3 rings (SSSR count). The van der Waals surface area contributed by atoms with E-state index in [1.807, 2.05) is 4.90 Å². The summed E-state index contributed by atoms with van der Waals surface area (Å²) >= 11 is 1.68. The summed E-state index contributed by atoms with van der Waals surface area (Å²) in [5.41, 5.74) is 0. The lowest BCUT2D eigenvalue weighted by Gasteiger charge is -2.37. The zero-order valence-corrected chi connectivity index (χ0v) is 20.3. The molecule has 3 aliphatic rings. The smallest absolute Gasteiger partial charge is 0.310 e. The van der Waals surface area contributed by atoms with Crippen LogP contribution < -0.4 is 0 Å². The molecule has 0 radical (unpaired) electrons. The van der Waals surface area contributed by atoms with Crippen LogP contribution >= 0.6 is 11.8 Å². The number of unbranched alkanes of at least 4 members (excludes halogenated alkanes) is 3. The largest absolute Gasteiger partial charge is 0.466 e. The molecule has 7 nitrogen and oxygen atoms in total. The third-order valence-electron chi connectivity index (χ3n) is 7.09. The average Bonchev–Trinajstić information content (AvgIpc) is 3.41. The van der Waals surface area contributed by atoms with Crippen molar-refractivity contribution in [2.45, 2.75) is 74.8 Å². The van der Waals surface area contributed by atoms with Crippen molar-refractivity contribution in [3.63, 3.8) is 0 Å². The first kappa shape index (κ1) is 25.1. The highest BCUT2D eigenvalue weighted by atomic mass is 32.2. The zero-order chi connectivity index (χ0) is 23.3. The predicted octanol–water partition coefficient (Wildman–Crippen LogP) is 2.62. The van der Waals surface area contributed by atoms with Gasteiger partial charge in [0.2, 0.25) is 11.8 Å². The number of hydrogen-bond donors (Lipinski definition) is 1. The fourth-order valence-electron chi connectivity index (χ4n) is 5.72. The van der Waals surface area contributed by atoms with E-state index in [0.717, 1.165) is 38.5 Å². The summed E-state index contributed by atoms with van der Waals surface area (Å²) in [6, 6.07) is -0.555. The van der Waals surface area contributed by atoms with E-state index in [4.69, 9.17) is 9.84 Å². The lowest BCUT2D eigenvalue weighted by Crippen LogP contribution is -2.55. The second-order valence-electron chi connectivity index (χ2n) is 9.05. The second kappa shape index (κ2) is 11.1. The van der Waals surface area contributed by atoms with E-state index in [1.165, 1.54) is 0 Å². The van der Waals surface area contributed by atoms with Crippen molar-refractivity contribution in [3.8, 4) is 0 Å². The lowest BCUT2D eigenvalue weighted by molar-refractivity contribution is -0.153. The highest BCUT2D eigenvalue weighted by molar-refractivity contribution is 8.02. The molecule has 0 aromatic carbocycles. The Bertz CT molecular complexity index is 717. The lowest BCUT2D eigenvalue weighted by atomic mass is 9.71. The number of carbonyl (C=O) groups is 3. The summed E-state index contributed by atoms with van der Waals surface area (Å²) in [5.74, 6) is -1.35. The van der Waals surface area contributed by atoms with Gasteiger partial charge in [0.1, 0.15) is 6.04 Å². The maximum absolute atomic E-state index is 13.9. The molecule has 1 spiro atoms. The molecule has 2 amide bonds. The van der Waals surface area contributed by atoms with Gasteiger partial charge in [-0.2, -0.15) is 0 Å². The van der Waals surface area contributed by atoms with Crippen LogP contribution in [-0.4, -0.2) is 81.6 Å². The summed E-state index contributed by atoms with van der Waals surface area (Å²) in [6.07, 6.45) is 7.42. The topological polar surface area (TPSA) is 87.2 Å². The van der Waals surface area contributed by atoms with Crippen LogP contribution in [-0.2, 0) is 19.1 Å². The monoisotopic (exact) mass is 466 g/mol. The Hall–Kier alpha value is -1.54. The first-order valence-corrected chi connectivity index (χ1v) is 13.0. The van der Waals surface area contributed by atoms with Crippen molar-refractivity contribution in [3.05, 3.63) is 12.7 Å². The molecule has 8 heteroatoms. The van der Waals surface area contributed by atoms with E-state index in [1.54, 1.807) is 29.7 Å². The summed E-state index contributed by atoms with van der Waals surface area (Å²) in [5, 5.41) is 9.16. The van der Waals surface area contributed by atoms with Gasteiger partial charge in [0.15, 0.2) is 0 Å². The summed E-state index contributed by atoms with van der Waals surface area (Å²) in [6.45, 7) is 9.68. The van der Waals surface area contributed by atoms with Crippen LogP contribution in [0.5, 0.6) is 0 Å². The van der Waals surface area contributed by atoms with E-state index in [-0.39, 0.29) is 36.2 Å². The van der Waals surface area contributed by atoms with Crippen molar-refractivity contribution < 1.29 is 24.2 Å². The van der Waals surface area contributed by atoms with Gasteiger partial charge in [0, 0.05) is 31.5 Å². The molecule has 0 saturated carbocycles. The number of fused-ring (bicyclic) bond motifs is 1. The van der Waals surface area contributed by atoms with Gasteiger partial charge in [-0.3, -0.25) is 14.4 Å². The fourth-order valence-corrected chi connectivity index (χ4v) is 7.92. The van der Waals surface area contributed by atoms with E-state index in [9.17, 15) is 14.4 Å². The Labute approximate surface area is 195 Å². The van der Waals surface area contributed by atoms with Crippen molar-refractivity contribution in [2.24, 2.45) is 11.8 Å². The van der Waals surface area contributed by atoms with Gasteiger partial charge in [-0.25, -0.2) is 0 Å². The zero-order valence-electron chi connectivity index (χ0n) is 19.5. The Morgan fingerprint density at radius 1 is 1.31 bits per heavy atom. The molecule has 0 aromatic heterocycles. The molecule has 0 aromatic rings. The first-order chi connectivity index (χ1) is 15.5. The van der Waals surface area contributed by atoms with E-state index in [2.05, 4.69) is 13.5 Å². The SMILES string of the molecule is C=CCN(CCCC)C(=O)C1N(CCCCCO)C(=O)[C@@H]2[C@@H](C(=O)OCC)[C@H]3CCC12S3. The molecular weight excluding hydrogens is 428 g/mol. The van der Waals surface area contributed by atoms with E-state index < -0.39 is 22.6 Å². The van der Waals surface area contributed by atoms with Gasteiger partial charge in [0.25, 0.3) is 0 Å². The molecule has 3 aliphatic heterocycles. The number of aliphatic hydroxyl groups is 1. The maximum atomic E-state index is 13.9. The number of rotatable bonds is 13. The minimum absolute atomic E-state index is 0.0194. The Morgan fingerprint density at radius 2 is 2.09 bits per heavy atom. The van der Waals surface area contributed by atoms with Gasteiger partial charge in [-0.15, -0.1) is 18.3 Å². The molecule has 5 atom stereocenters. The molecule has 0 aliphatic carbocycles. The number of esters is 1. The first-order valence-electron chi connectivity index (χ1n) is 12.1.